The average molecular weight is 201 g/mol. The Kier molecular flexibility index (Phi) is 2.01. The Morgan fingerprint density at radius 3 is 2.90 bits per heavy atom. The van der Waals surface area contributed by atoms with Crippen LogP contribution in [-0.2, 0) is 0 Å². The third kappa shape index (κ3) is 1.02. The molecule has 1 rings (SSSR count). The van der Waals surface area contributed by atoms with Crippen LogP contribution in [0.1, 0.15) is 10.5 Å². The molecule has 52 valence electrons. The molecule has 0 aliphatic carbocycles. The summed E-state index contributed by atoms with van der Waals surface area (Å²) in [4.78, 5) is 10.3. The van der Waals surface area contributed by atoms with Gasteiger partial charge >= 0.3 is 0 Å². The Bertz CT molecular complexity index is 267. The van der Waals surface area contributed by atoms with Gasteiger partial charge in [0.15, 0.2) is 6.29 Å². The Morgan fingerprint density at radius 1 is 1.80 bits per heavy atom. The minimum Gasteiger partial charge on any atom is -0.296 e. The smallest absolute Gasteiger partial charge is 0.169 e. The molecule has 1 aromatic rings. The van der Waals surface area contributed by atoms with E-state index >= 15 is 0 Å². The van der Waals surface area contributed by atoms with Gasteiger partial charge in [-0.3, -0.25) is 4.79 Å². The van der Waals surface area contributed by atoms with Crippen molar-refractivity contribution >= 4 is 28.4 Å². The van der Waals surface area contributed by atoms with Crippen LogP contribution < -0.4 is 0 Å². The monoisotopic (exact) mass is 200 g/mol. The number of carbonyl (C=O) groups is 1. The molecule has 0 bridgehead atoms. The van der Waals surface area contributed by atoms with Crippen molar-refractivity contribution in [2.24, 2.45) is 0 Å². The van der Waals surface area contributed by atoms with E-state index in [1.807, 2.05) is 0 Å². The van der Waals surface area contributed by atoms with Gasteiger partial charge in [-0.25, -0.2) is 4.68 Å². The Morgan fingerprint density at radius 2 is 2.50 bits per heavy atom. The molecule has 0 unspecified atom stereocenters. The highest BCUT2D eigenvalue weighted by atomic mass is 79.9. The van der Waals surface area contributed by atoms with Crippen LogP contribution in [0.3, 0.4) is 0 Å². The zero-order valence-corrected chi connectivity index (χ0v) is 6.71. The molecule has 4 heteroatoms. The van der Waals surface area contributed by atoms with Crippen molar-refractivity contribution < 1.29 is 4.79 Å². The summed E-state index contributed by atoms with van der Waals surface area (Å²) in [6.07, 6.45) is 3.73. The average Bonchev–Trinajstić information content (AvgIpc) is 2.30. The summed E-state index contributed by atoms with van der Waals surface area (Å²) in [6.45, 7) is 3.47. The van der Waals surface area contributed by atoms with E-state index in [9.17, 15) is 4.79 Å². The zero-order chi connectivity index (χ0) is 7.56. The molecule has 0 saturated heterocycles. The van der Waals surface area contributed by atoms with Gasteiger partial charge in [-0.15, -0.1) is 0 Å². The van der Waals surface area contributed by atoms with Crippen LogP contribution in [0.2, 0.25) is 0 Å². The molecular weight excluding hydrogens is 196 g/mol. The van der Waals surface area contributed by atoms with Gasteiger partial charge in [-0.1, -0.05) is 6.58 Å². The molecular formula is C6H5BrN2O. The number of aldehydes is 1. The molecule has 0 saturated carbocycles. The normalized spacial score (nSPS) is 9.30. The van der Waals surface area contributed by atoms with Gasteiger partial charge in [-0.2, -0.15) is 5.10 Å². The van der Waals surface area contributed by atoms with Crippen LogP contribution in [0, 0.1) is 0 Å². The van der Waals surface area contributed by atoms with E-state index in [-0.39, 0.29) is 0 Å². The third-order valence-corrected chi connectivity index (χ3v) is 1.68. The zero-order valence-electron chi connectivity index (χ0n) is 5.12. The molecule has 0 spiro atoms. The summed E-state index contributed by atoms with van der Waals surface area (Å²) in [7, 11) is 0. The van der Waals surface area contributed by atoms with E-state index in [2.05, 4.69) is 27.6 Å². The SMILES string of the molecule is C=Cn1ncc(Br)c1C=O. The number of halogens is 1. The Hall–Kier alpha value is -0.900. The lowest BCUT2D eigenvalue weighted by atomic mass is 10.5. The molecule has 1 aromatic heterocycles. The predicted octanol–water partition coefficient (Wildman–Crippen LogP) is 1.56. The van der Waals surface area contributed by atoms with Crippen molar-refractivity contribution in [3.05, 3.63) is 22.9 Å². The van der Waals surface area contributed by atoms with Crippen molar-refractivity contribution in [2.75, 3.05) is 0 Å². The first kappa shape index (κ1) is 7.21. The summed E-state index contributed by atoms with van der Waals surface area (Å²) >= 11 is 3.16. The summed E-state index contributed by atoms with van der Waals surface area (Å²) in [5.41, 5.74) is 0.481. The minimum absolute atomic E-state index is 0.481. The van der Waals surface area contributed by atoms with Crippen molar-refractivity contribution in [1.29, 1.82) is 0 Å². The molecule has 0 N–H and O–H groups in total. The van der Waals surface area contributed by atoms with E-state index in [1.54, 1.807) is 6.20 Å². The van der Waals surface area contributed by atoms with Gasteiger partial charge in [0, 0.05) is 6.20 Å². The second-order valence-corrected chi connectivity index (χ2v) is 2.48. The number of hydrogen-bond donors (Lipinski definition) is 0. The maximum Gasteiger partial charge on any atom is 0.169 e. The highest BCUT2D eigenvalue weighted by Crippen LogP contribution is 2.13. The summed E-state index contributed by atoms with van der Waals surface area (Å²) in [6, 6.07) is 0. The van der Waals surface area contributed by atoms with Crippen LogP contribution in [0.15, 0.2) is 17.2 Å². The van der Waals surface area contributed by atoms with Crippen molar-refractivity contribution in [3.63, 3.8) is 0 Å². The van der Waals surface area contributed by atoms with E-state index in [0.717, 1.165) is 6.29 Å². The van der Waals surface area contributed by atoms with Crippen LogP contribution in [0.25, 0.3) is 6.20 Å². The van der Waals surface area contributed by atoms with Gasteiger partial charge in [0.05, 0.1) is 10.7 Å². The first-order valence-corrected chi connectivity index (χ1v) is 3.39. The summed E-state index contributed by atoms with van der Waals surface area (Å²) in [5.74, 6) is 0. The van der Waals surface area contributed by atoms with Crippen molar-refractivity contribution in [3.8, 4) is 0 Å². The van der Waals surface area contributed by atoms with Gasteiger partial charge in [-0.05, 0) is 15.9 Å². The molecule has 0 aromatic carbocycles. The van der Waals surface area contributed by atoms with E-state index < -0.39 is 0 Å². The summed E-state index contributed by atoms with van der Waals surface area (Å²) in [5, 5.41) is 3.83. The number of carbonyl (C=O) groups excluding carboxylic acids is 1. The van der Waals surface area contributed by atoms with Crippen LogP contribution >= 0.6 is 15.9 Å². The van der Waals surface area contributed by atoms with E-state index in [4.69, 9.17) is 0 Å². The van der Waals surface area contributed by atoms with Crippen molar-refractivity contribution in [1.82, 2.24) is 9.78 Å². The maximum atomic E-state index is 10.3. The highest BCUT2D eigenvalue weighted by Gasteiger charge is 2.02. The van der Waals surface area contributed by atoms with Crippen LogP contribution in [0.4, 0.5) is 0 Å². The fourth-order valence-corrected chi connectivity index (χ4v) is 0.973. The second kappa shape index (κ2) is 2.79. The van der Waals surface area contributed by atoms with Crippen LogP contribution in [0.5, 0.6) is 0 Å². The molecule has 0 aliphatic heterocycles. The van der Waals surface area contributed by atoms with Gasteiger partial charge in [0.1, 0.15) is 5.69 Å². The standard InChI is InChI=1S/C6H5BrN2O/c1-2-9-6(4-10)5(7)3-8-9/h2-4H,1H2. The molecule has 0 radical (unpaired) electrons. The number of hydrogen-bond acceptors (Lipinski definition) is 2. The summed E-state index contributed by atoms with van der Waals surface area (Å²) < 4.78 is 2.08. The highest BCUT2D eigenvalue weighted by molar-refractivity contribution is 9.10. The molecule has 3 nitrogen and oxygen atoms in total. The topological polar surface area (TPSA) is 34.9 Å². The maximum absolute atomic E-state index is 10.3. The number of rotatable bonds is 2. The molecule has 10 heavy (non-hydrogen) atoms. The van der Waals surface area contributed by atoms with E-state index in [0.29, 0.717) is 10.2 Å². The lowest BCUT2D eigenvalue weighted by molar-refractivity contribution is 0.111. The fraction of sp³-hybridized carbons (Fsp3) is 0. The number of nitrogens with zero attached hydrogens (tertiary/aromatic N) is 2. The first-order valence-electron chi connectivity index (χ1n) is 2.60. The van der Waals surface area contributed by atoms with Gasteiger partial charge < -0.3 is 0 Å². The first-order chi connectivity index (χ1) is 4.79. The fourth-order valence-electron chi connectivity index (χ4n) is 0.606. The third-order valence-electron chi connectivity index (χ3n) is 1.07. The Labute approximate surface area is 66.5 Å². The molecule has 0 amide bonds. The molecule has 1 heterocycles. The van der Waals surface area contributed by atoms with Crippen LogP contribution in [-0.4, -0.2) is 16.1 Å². The van der Waals surface area contributed by atoms with Crippen molar-refractivity contribution in [2.45, 2.75) is 0 Å². The lowest BCUT2D eigenvalue weighted by Crippen LogP contribution is -1.93. The second-order valence-electron chi connectivity index (χ2n) is 1.62. The van der Waals surface area contributed by atoms with Gasteiger partial charge in [0.2, 0.25) is 0 Å². The van der Waals surface area contributed by atoms with E-state index in [1.165, 1.54) is 10.9 Å². The minimum atomic E-state index is 0.481. The lowest BCUT2D eigenvalue weighted by Gasteiger charge is -1.90. The molecule has 0 aliphatic rings. The van der Waals surface area contributed by atoms with Gasteiger partial charge in [0.25, 0.3) is 0 Å². The molecule has 0 fully saturated rings. The quantitative estimate of drug-likeness (QED) is 0.680. The largest absolute Gasteiger partial charge is 0.296 e. The number of aromatic nitrogens is 2. The predicted molar refractivity (Wildman–Crippen MR) is 41.7 cm³/mol. The Balaban J connectivity index is 3.25. The molecule has 0 atom stereocenters.